The Bertz CT molecular complexity index is 158. The van der Waals surface area contributed by atoms with Crippen LogP contribution in [0.15, 0.2) is 12.2 Å². The molecule has 0 aromatic heterocycles. The van der Waals surface area contributed by atoms with E-state index in [0.29, 0.717) is 11.8 Å². The molecule has 0 amide bonds. The van der Waals surface area contributed by atoms with E-state index in [4.69, 9.17) is 0 Å². The lowest BCUT2D eigenvalue weighted by Crippen LogP contribution is -2.45. The van der Waals surface area contributed by atoms with Crippen molar-refractivity contribution < 1.29 is 0 Å². The van der Waals surface area contributed by atoms with Gasteiger partial charge in [-0.25, -0.2) is 0 Å². The van der Waals surface area contributed by atoms with Crippen molar-refractivity contribution in [1.29, 1.82) is 0 Å². The van der Waals surface area contributed by atoms with Gasteiger partial charge >= 0.3 is 0 Å². The van der Waals surface area contributed by atoms with Crippen molar-refractivity contribution in [2.75, 3.05) is 7.05 Å². The third-order valence-electron chi connectivity index (χ3n) is 3.31. The van der Waals surface area contributed by atoms with Crippen molar-refractivity contribution in [3.05, 3.63) is 12.2 Å². The number of hydrogen-bond acceptors (Lipinski definition) is 1. The fourth-order valence-electron chi connectivity index (χ4n) is 1.28. The van der Waals surface area contributed by atoms with Crippen molar-refractivity contribution >= 4 is 0 Å². The normalized spacial score (nSPS) is 17.2. The van der Waals surface area contributed by atoms with E-state index in [9.17, 15) is 0 Å². The predicted octanol–water partition coefficient (Wildman–Crippen LogP) is 2.83. The second-order valence-electron chi connectivity index (χ2n) is 4.40. The van der Waals surface area contributed by atoms with Gasteiger partial charge in [0.1, 0.15) is 0 Å². The molecule has 0 fully saturated rings. The van der Waals surface area contributed by atoms with Crippen LogP contribution in [0.1, 0.15) is 34.6 Å². The summed E-state index contributed by atoms with van der Waals surface area (Å²) in [4.78, 5) is 0. The van der Waals surface area contributed by atoms with Gasteiger partial charge < -0.3 is 5.32 Å². The van der Waals surface area contributed by atoms with E-state index in [2.05, 4.69) is 46.5 Å². The number of nitrogens with one attached hydrogen (secondary N) is 1. The van der Waals surface area contributed by atoms with E-state index in [1.807, 2.05) is 7.05 Å². The highest BCUT2D eigenvalue weighted by Gasteiger charge is 2.28. The second-order valence-corrected chi connectivity index (χ2v) is 4.40. The molecule has 72 valence electrons. The van der Waals surface area contributed by atoms with Crippen LogP contribution in [0, 0.1) is 11.8 Å². The highest BCUT2D eigenvalue weighted by Crippen LogP contribution is 2.27. The molecule has 0 aliphatic heterocycles. The van der Waals surface area contributed by atoms with Crippen LogP contribution in [-0.4, -0.2) is 12.6 Å². The Hall–Kier alpha value is -0.300. The van der Waals surface area contributed by atoms with Gasteiger partial charge in [-0.1, -0.05) is 26.0 Å². The minimum atomic E-state index is 0.193. The quantitative estimate of drug-likeness (QED) is 0.638. The van der Waals surface area contributed by atoms with Crippen LogP contribution >= 0.6 is 0 Å². The number of hydrogen-bond donors (Lipinski definition) is 1. The lowest BCUT2D eigenvalue weighted by atomic mass is 9.77. The summed E-state index contributed by atoms with van der Waals surface area (Å²) in [7, 11) is 2.02. The Morgan fingerprint density at radius 2 is 1.75 bits per heavy atom. The Balaban J connectivity index is 4.37. The van der Waals surface area contributed by atoms with Crippen molar-refractivity contribution in [2.45, 2.75) is 40.2 Å². The fourth-order valence-corrected chi connectivity index (χ4v) is 1.28. The molecule has 0 aromatic carbocycles. The summed E-state index contributed by atoms with van der Waals surface area (Å²) in [5.41, 5.74) is 1.46. The first-order valence-electron chi connectivity index (χ1n) is 4.67. The minimum Gasteiger partial charge on any atom is -0.315 e. The van der Waals surface area contributed by atoms with Crippen molar-refractivity contribution in [3.8, 4) is 0 Å². The summed E-state index contributed by atoms with van der Waals surface area (Å²) in [6, 6.07) is 0. The van der Waals surface area contributed by atoms with Crippen LogP contribution in [0.25, 0.3) is 0 Å². The van der Waals surface area contributed by atoms with Crippen LogP contribution in [-0.2, 0) is 0 Å². The molecule has 0 rings (SSSR count). The summed E-state index contributed by atoms with van der Waals surface area (Å²) in [6.45, 7) is 15.1. The molecule has 0 aromatic rings. The third-order valence-corrected chi connectivity index (χ3v) is 3.31. The standard InChI is InChI=1S/C11H23N/c1-8(2)9(3)10(4)11(5,6)12-7/h9-10,12H,1H2,2-7H3. The fraction of sp³-hybridized carbons (Fsp3) is 0.818. The summed E-state index contributed by atoms with van der Waals surface area (Å²) in [6.07, 6.45) is 0. The molecule has 0 saturated heterocycles. The molecule has 0 aliphatic carbocycles. The topological polar surface area (TPSA) is 12.0 Å². The SMILES string of the molecule is C=C(C)C(C)C(C)C(C)(C)NC. The zero-order valence-corrected chi connectivity index (χ0v) is 9.36. The lowest BCUT2D eigenvalue weighted by molar-refractivity contribution is 0.236. The van der Waals surface area contributed by atoms with Crippen LogP contribution in [0.4, 0.5) is 0 Å². The van der Waals surface area contributed by atoms with Gasteiger partial charge in [0.2, 0.25) is 0 Å². The molecule has 1 heteroatoms. The minimum absolute atomic E-state index is 0.193. The molecule has 2 unspecified atom stereocenters. The first-order chi connectivity index (χ1) is 5.33. The van der Waals surface area contributed by atoms with E-state index >= 15 is 0 Å². The number of allylic oxidation sites excluding steroid dienone is 1. The number of rotatable bonds is 4. The monoisotopic (exact) mass is 169 g/mol. The van der Waals surface area contributed by atoms with E-state index < -0.39 is 0 Å². The molecular weight excluding hydrogens is 146 g/mol. The molecule has 0 saturated carbocycles. The molecule has 0 radical (unpaired) electrons. The zero-order valence-electron chi connectivity index (χ0n) is 9.36. The van der Waals surface area contributed by atoms with Crippen molar-refractivity contribution in [1.82, 2.24) is 5.32 Å². The first kappa shape index (κ1) is 11.7. The Labute approximate surface area is 77.2 Å². The average molecular weight is 169 g/mol. The molecule has 1 nitrogen and oxygen atoms in total. The van der Waals surface area contributed by atoms with Crippen LogP contribution in [0.5, 0.6) is 0 Å². The molecule has 2 atom stereocenters. The largest absolute Gasteiger partial charge is 0.315 e. The highest BCUT2D eigenvalue weighted by molar-refractivity contribution is 5.00. The van der Waals surface area contributed by atoms with Crippen LogP contribution in [0.3, 0.4) is 0 Å². The van der Waals surface area contributed by atoms with Gasteiger partial charge in [0.05, 0.1) is 0 Å². The molecule has 0 aliphatic rings. The molecule has 0 spiro atoms. The maximum Gasteiger partial charge on any atom is 0.0153 e. The average Bonchev–Trinajstić information content (AvgIpc) is 2.01. The van der Waals surface area contributed by atoms with Gasteiger partial charge in [-0.15, -0.1) is 0 Å². The summed E-state index contributed by atoms with van der Waals surface area (Å²) >= 11 is 0. The smallest absolute Gasteiger partial charge is 0.0153 e. The summed E-state index contributed by atoms with van der Waals surface area (Å²) in [5, 5.41) is 3.34. The van der Waals surface area contributed by atoms with Crippen molar-refractivity contribution in [3.63, 3.8) is 0 Å². The van der Waals surface area contributed by atoms with Gasteiger partial charge in [-0.05, 0) is 39.7 Å². The summed E-state index contributed by atoms with van der Waals surface area (Å²) < 4.78 is 0. The highest BCUT2D eigenvalue weighted by atomic mass is 14.9. The van der Waals surface area contributed by atoms with Gasteiger partial charge in [-0.2, -0.15) is 0 Å². The van der Waals surface area contributed by atoms with E-state index in [1.165, 1.54) is 5.57 Å². The molecule has 0 bridgehead atoms. The summed E-state index contributed by atoms with van der Waals surface area (Å²) in [5.74, 6) is 1.19. The first-order valence-corrected chi connectivity index (χ1v) is 4.67. The van der Waals surface area contributed by atoms with Gasteiger partial charge in [0.15, 0.2) is 0 Å². The molecule has 12 heavy (non-hydrogen) atoms. The maximum absolute atomic E-state index is 4.00. The third kappa shape index (κ3) is 2.63. The van der Waals surface area contributed by atoms with E-state index in [1.54, 1.807) is 0 Å². The predicted molar refractivity (Wildman–Crippen MR) is 56.3 cm³/mol. The zero-order chi connectivity index (χ0) is 9.94. The Morgan fingerprint density at radius 3 is 2.00 bits per heavy atom. The van der Waals surface area contributed by atoms with Gasteiger partial charge in [0, 0.05) is 5.54 Å². The maximum atomic E-state index is 4.00. The van der Waals surface area contributed by atoms with Crippen molar-refractivity contribution in [2.24, 2.45) is 11.8 Å². The van der Waals surface area contributed by atoms with Gasteiger partial charge in [0.25, 0.3) is 0 Å². The van der Waals surface area contributed by atoms with E-state index in [-0.39, 0.29) is 5.54 Å². The lowest BCUT2D eigenvalue weighted by Gasteiger charge is -2.36. The second kappa shape index (κ2) is 4.08. The molecule has 1 N–H and O–H groups in total. The van der Waals surface area contributed by atoms with E-state index in [0.717, 1.165) is 0 Å². The Morgan fingerprint density at radius 1 is 1.33 bits per heavy atom. The molecular formula is C11H23N. The van der Waals surface area contributed by atoms with Crippen LogP contribution < -0.4 is 5.32 Å². The Kier molecular flexibility index (Phi) is 3.98. The van der Waals surface area contributed by atoms with Gasteiger partial charge in [-0.3, -0.25) is 0 Å². The van der Waals surface area contributed by atoms with Crippen LogP contribution in [0.2, 0.25) is 0 Å². The molecule has 0 heterocycles.